The molecule has 3 nitrogen and oxygen atoms in total. The lowest BCUT2D eigenvalue weighted by molar-refractivity contribution is -0.122. The average Bonchev–Trinajstić information content (AvgIpc) is 2.62. The first kappa shape index (κ1) is 16.7. The average molecular weight is 263 g/mol. The zero-order valence-electron chi connectivity index (χ0n) is 11.3. The van der Waals surface area contributed by atoms with Crippen molar-refractivity contribution in [2.45, 2.75) is 58.9 Å². The van der Waals surface area contributed by atoms with Crippen molar-refractivity contribution >= 4 is 18.3 Å². The van der Waals surface area contributed by atoms with Crippen LogP contribution in [0.25, 0.3) is 0 Å². The summed E-state index contributed by atoms with van der Waals surface area (Å²) in [4.78, 5) is 11.5. The molecule has 0 radical (unpaired) electrons. The Hall–Kier alpha value is -0.280. The highest BCUT2D eigenvalue weighted by atomic mass is 35.5. The van der Waals surface area contributed by atoms with Crippen molar-refractivity contribution in [1.29, 1.82) is 0 Å². The van der Waals surface area contributed by atoms with Gasteiger partial charge in [-0.05, 0) is 37.5 Å². The Morgan fingerprint density at radius 1 is 1.29 bits per heavy atom. The van der Waals surface area contributed by atoms with Gasteiger partial charge >= 0.3 is 0 Å². The van der Waals surface area contributed by atoms with Crippen LogP contribution >= 0.6 is 12.4 Å². The van der Waals surface area contributed by atoms with Gasteiger partial charge in [-0.15, -0.1) is 12.4 Å². The first-order valence-electron chi connectivity index (χ1n) is 6.48. The number of rotatable bonds is 5. The summed E-state index contributed by atoms with van der Waals surface area (Å²) in [7, 11) is 0. The van der Waals surface area contributed by atoms with Gasteiger partial charge in [0.15, 0.2) is 0 Å². The highest BCUT2D eigenvalue weighted by Gasteiger charge is 2.34. The Bertz CT molecular complexity index is 236. The normalized spacial score (nSPS) is 19.8. The largest absolute Gasteiger partial charge is 0.354 e. The van der Waals surface area contributed by atoms with Crippen LogP contribution in [0.15, 0.2) is 0 Å². The molecule has 3 N–H and O–H groups in total. The third-order valence-corrected chi connectivity index (χ3v) is 3.56. The van der Waals surface area contributed by atoms with Crippen molar-refractivity contribution < 1.29 is 4.79 Å². The van der Waals surface area contributed by atoms with Gasteiger partial charge in [-0.1, -0.05) is 26.7 Å². The first-order valence-corrected chi connectivity index (χ1v) is 6.48. The fraction of sp³-hybridized carbons (Fsp3) is 0.923. The second-order valence-corrected chi connectivity index (χ2v) is 5.81. The van der Waals surface area contributed by atoms with Gasteiger partial charge in [-0.3, -0.25) is 4.79 Å². The number of carbonyl (C=O) groups is 1. The Labute approximate surface area is 111 Å². The van der Waals surface area contributed by atoms with Crippen molar-refractivity contribution in [3.8, 4) is 0 Å². The lowest BCUT2D eigenvalue weighted by Crippen LogP contribution is -2.43. The van der Waals surface area contributed by atoms with Crippen LogP contribution in [0.1, 0.15) is 52.9 Å². The number of hydrogen-bond donors (Lipinski definition) is 2. The number of carbonyl (C=O) groups excluding carboxylic acids is 1. The number of halogens is 1. The molecule has 0 aromatic carbocycles. The van der Waals surface area contributed by atoms with E-state index in [9.17, 15) is 4.79 Å². The van der Waals surface area contributed by atoms with E-state index in [1.807, 2.05) is 0 Å². The van der Waals surface area contributed by atoms with E-state index in [1.165, 1.54) is 32.1 Å². The number of hydrogen-bond acceptors (Lipinski definition) is 2. The highest BCUT2D eigenvalue weighted by molar-refractivity contribution is 5.85. The van der Waals surface area contributed by atoms with Gasteiger partial charge in [0.1, 0.15) is 0 Å². The van der Waals surface area contributed by atoms with Crippen molar-refractivity contribution in [1.82, 2.24) is 5.32 Å². The molecule has 4 heteroatoms. The molecule has 0 bridgehead atoms. The topological polar surface area (TPSA) is 55.1 Å². The fourth-order valence-electron chi connectivity index (χ4n) is 2.88. The summed E-state index contributed by atoms with van der Waals surface area (Å²) >= 11 is 0. The minimum Gasteiger partial charge on any atom is -0.354 e. The van der Waals surface area contributed by atoms with Gasteiger partial charge in [0.25, 0.3) is 0 Å². The summed E-state index contributed by atoms with van der Waals surface area (Å²) in [5, 5.41) is 3.01. The predicted molar refractivity (Wildman–Crippen MR) is 74.3 cm³/mol. The van der Waals surface area contributed by atoms with Gasteiger partial charge in [-0.2, -0.15) is 0 Å². The zero-order valence-corrected chi connectivity index (χ0v) is 12.1. The molecule has 0 saturated heterocycles. The molecule has 0 heterocycles. The van der Waals surface area contributed by atoms with E-state index in [2.05, 4.69) is 19.2 Å². The Kier molecular flexibility index (Phi) is 7.10. The fourth-order valence-corrected chi connectivity index (χ4v) is 2.88. The van der Waals surface area contributed by atoms with Crippen LogP contribution in [0.4, 0.5) is 0 Å². The summed E-state index contributed by atoms with van der Waals surface area (Å²) < 4.78 is 0. The van der Waals surface area contributed by atoms with Crippen LogP contribution in [0, 0.1) is 11.3 Å². The molecule has 1 saturated carbocycles. The zero-order chi connectivity index (χ0) is 12.2. The third-order valence-electron chi connectivity index (χ3n) is 3.56. The minimum atomic E-state index is -0.391. The van der Waals surface area contributed by atoms with Gasteiger partial charge in [-0.25, -0.2) is 0 Å². The van der Waals surface area contributed by atoms with Crippen LogP contribution in [0.2, 0.25) is 0 Å². The van der Waals surface area contributed by atoms with E-state index in [-0.39, 0.29) is 18.3 Å². The lowest BCUT2D eigenvalue weighted by atomic mass is 9.78. The van der Waals surface area contributed by atoms with Crippen LogP contribution in [0.5, 0.6) is 0 Å². The van der Waals surface area contributed by atoms with Gasteiger partial charge in [0, 0.05) is 6.54 Å². The molecule has 17 heavy (non-hydrogen) atoms. The number of nitrogens with two attached hydrogens (primary N) is 1. The van der Waals surface area contributed by atoms with Crippen molar-refractivity contribution in [2.75, 3.05) is 6.54 Å². The quantitative estimate of drug-likeness (QED) is 0.800. The summed E-state index contributed by atoms with van der Waals surface area (Å²) in [5.74, 6) is 0.681. The molecule has 1 amide bonds. The van der Waals surface area contributed by atoms with Crippen molar-refractivity contribution in [3.05, 3.63) is 0 Å². The molecule has 0 unspecified atom stereocenters. The Morgan fingerprint density at radius 3 is 2.24 bits per heavy atom. The van der Waals surface area contributed by atoms with E-state index in [0.29, 0.717) is 11.3 Å². The minimum absolute atomic E-state index is 0. The molecule has 1 rings (SSSR count). The summed E-state index contributed by atoms with van der Waals surface area (Å²) in [6.45, 7) is 7.06. The Balaban J connectivity index is 0.00000256. The summed E-state index contributed by atoms with van der Waals surface area (Å²) in [6, 6.07) is -0.391. The van der Waals surface area contributed by atoms with Gasteiger partial charge < -0.3 is 11.1 Å². The van der Waals surface area contributed by atoms with Crippen molar-refractivity contribution in [2.24, 2.45) is 17.1 Å². The molecule has 1 aliphatic carbocycles. The van der Waals surface area contributed by atoms with Crippen LogP contribution in [-0.2, 0) is 4.79 Å². The van der Waals surface area contributed by atoms with Crippen LogP contribution in [-0.4, -0.2) is 18.5 Å². The molecule has 0 spiro atoms. The molecule has 1 atom stereocenters. The highest BCUT2D eigenvalue weighted by Crippen LogP contribution is 2.42. The third kappa shape index (κ3) is 5.26. The van der Waals surface area contributed by atoms with Gasteiger partial charge in [0.05, 0.1) is 6.04 Å². The maximum absolute atomic E-state index is 11.5. The predicted octanol–water partition coefficient (Wildman–Crippen LogP) is 2.48. The van der Waals surface area contributed by atoms with Crippen LogP contribution in [0.3, 0.4) is 0 Å². The standard InChI is InChI=1S/C13H26N2O.ClH/c1-10(2)8-13(6-4-5-7-13)9-15-12(16)11(3)14;/h10-11H,4-9,14H2,1-3H3,(H,15,16);1H/t11-;/m1./s1. The first-order chi connectivity index (χ1) is 7.45. The lowest BCUT2D eigenvalue weighted by Gasteiger charge is -2.31. The molecule has 102 valence electrons. The SMILES string of the molecule is CC(C)CC1(CNC(=O)[C@@H](C)N)CCCC1.Cl. The van der Waals surface area contributed by atoms with Crippen LogP contribution < -0.4 is 11.1 Å². The molecular weight excluding hydrogens is 236 g/mol. The van der Waals surface area contributed by atoms with Gasteiger partial charge in [0.2, 0.25) is 5.91 Å². The second kappa shape index (κ2) is 7.22. The maximum atomic E-state index is 11.5. The molecule has 0 aromatic rings. The smallest absolute Gasteiger partial charge is 0.236 e. The van der Waals surface area contributed by atoms with E-state index >= 15 is 0 Å². The molecule has 1 fully saturated rings. The van der Waals surface area contributed by atoms with E-state index in [1.54, 1.807) is 6.92 Å². The van der Waals surface area contributed by atoms with E-state index in [4.69, 9.17) is 5.73 Å². The van der Waals surface area contributed by atoms with E-state index < -0.39 is 6.04 Å². The summed E-state index contributed by atoms with van der Waals surface area (Å²) in [6.07, 6.45) is 6.34. The molecular formula is C13H27ClN2O. The Morgan fingerprint density at radius 2 is 1.82 bits per heavy atom. The molecule has 0 aromatic heterocycles. The van der Waals surface area contributed by atoms with E-state index in [0.717, 1.165) is 6.54 Å². The second-order valence-electron chi connectivity index (χ2n) is 5.81. The number of amides is 1. The molecule has 1 aliphatic rings. The summed E-state index contributed by atoms with van der Waals surface area (Å²) in [5.41, 5.74) is 5.90. The maximum Gasteiger partial charge on any atom is 0.236 e. The molecule has 0 aliphatic heterocycles. The monoisotopic (exact) mass is 262 g/mol. The number of nitrogens with one attached hydrogen (secondary N) is 1. The van der Waals surface area contributed by atoms with Crippen molar-refractivity contribution in [3.63, 3.8) is 0 Å².